The van der Waals surface area contributed by atoms with E-state index in [9.17, 15) is 14.7 Å². The number of fused-ring (bicyclic) bond motifs is 1. The molecule has 0 radical (unpaired) electrons. The Labute approximate surface area is 266 Å². The third-order valence-corrected chi connectivity index (χ3v) is 6.59. The van der Waals surface area contributed by atoms with Crippen LogP contribution in [-0.4, -0.2) is 39.8 Å². The second-order valence-electron chi connectivity index (χ2n) is 9.94. The van der Waals surface area contributed by atoms with Crippen LogP contribution in [0.15, 0.2) is 60.2 Å². The van der Waals surface area contributed by atoms with Crippen LogP contribution in [0.25, 0.3) is 16.6 Å². The quantitative estimate of drug-likeness (QED) is 0.150. The van der Waals surface area contributed by atoms with Crippen molar-refractivity contribution in [2.24, 2.45) is 0 Å². The molecule has 0 aliphatic carbocycles. The van der Waals surface area contributed by atoms with Gasteiger partial charge in [0.2, 0.25) is 5.75 Å². The number of nitrogens with zero attached hydrogens (tertiary/aromatic N) is 2. The average Bonchev–Trinajstić information content (AvgIpc) is 3.37. The van der Waals surface area contributed by atoms with E-state index in [4.69, 9.17) is 14.2 Å². The number of ether oxygens (including phenoxy) is 3. The molecular formula is C31H31N2NaO6S. The molecule has 0 bridgehead atoms. The summed E-state index contributed by atoms with van der Waals surface area (Å²) in [5.74, 6) is -0.613. The van der Waals surface area contributed by atoms with Gasteiger partial charge in [0.1, 0.15) is 11.0 Å². The van der Waals surface area contributed by atoms with Gasteiger partial charge in [-0.1, -0.05) is 35.9 Å². The van der Waals surface area contributed by atoms with Gasteiger partial charge >= 0.3 is 29.6 Å². The predicted octanol–water partition coefficient (Wildman–Crippen LogP) is 2.22. The summed E-state index contributed by atoms with van der Waals surface area (Å²) in [7, 11) is 1.52. The van der Waals surface area contributed by atoms with Crippen molar-refractivity contribution >= 4 is 40.1 Å². The number of aliphatic carboxylic acids is 1. The summed E-state index contributed by atoms with van der Waals surface area (Å²) in [5.41, 5.74) is 3.27. The molecule has 1 aromatic heterocycles. The molecule has 0 unspecified atom stereocenters. The van der Waals surface area contributed by atoms with Crippen LogP contribution < -0.4 is 48.9 Å². The molecule has 0 spiro atoms. The van der Waals surface area contributed by atoms with Crippen molar-refractivity contribution in [3.8, 4) is 17.2 Å². The Balaban J connectivity index is 0.00000462. The maximum atomic E-state index is 14.0. The predicted molar refractivity (Wildman–Crippen MR) is 153 cm³/mol. The standard InChI is InChI=1S/C31H32N2O6S.Na/c1-17(2)38-27-15-20(14-26(37-6)30(27)39-18(3)4)13-23(29(34)21-9-7-19(5)8-10-21)28(31(35)36)22-11-12-24-25(16-22)33-40-32-24;/h7-12,14-18H,13H2,1-6H3,(H,35,36);/q;+1/p-1. The van der Waals surface area contributed by atoms with Gasteiger partial charge in [-0.3, -0.25) is 4.79 Å². The number of rotatable bonds is 11. The van der Waals surface area contributed by atoms with Gasteiger partial charge in [-0.05, 0) is 70.0 Å². The van der Waals surface area contributed by atoms with Gasteiger partial charge in [0, 0.05) is 23.1 Å². The molecule has 0 amide bonds. The molecule has 0 saturated heterocycles. The summed E-state index contributed by atoms with van der Waals surface area (Å²) in [6.07, 6.45) is -0.348. The van der Waals surface area contributed by atoms with Crippen molar-refractivity contribution in [1.29, 1.82) is 0 Å². The Hall–Kier alpha value is -3.24. The number of carboxylic acid groups (broad SMARTS) is 1. The van der Waals surface area contributed by atoms with Crippen LogP contribution in [0, 0.1) is 6.92 Å². The Morgan fingerprint density at radius 1 is 0.854 bits per heavy atom. The van der Waals surface area contributed by atoms with Crippen molar-refractivity contribution in [1.82, 2.24) is 8.75 Å². The minimum absolute atomic E-state index is 0. The van der Waals surface area contributed by atoms with E-state index in [1.54, 1.807) is 42.5 Å². The summed E-state index contributed by atoms with van der Waals surface area (Å²) in [6.45, 7) is 9.49. The Morgan fingerprint density at radius 2 is 1.46 bits per heavy atom. The third-order valence-electron chi connectivity index (χ3n) is 6.03. The molecular weight excluding hydrogens is 551 g/mol. The summed E-state index contributed by atoms with van der Waals surface area (Å²) in [6, 6.07) is 15.4. The van der Waals surface area contributed by atoms with Crippen LogP contribution in [0.1, 0.15) is 54.7 Å². The van der Waals surface area contributed by atoms with Crippen LogP contribution in [0.5, 0.6) is 17.2 Å². The fraction of sp³-hybridized carbons (Fsp3) is 0.290. The van der Waals surface area contributed by atoms with Crippen LogP contribution in [0.4, 0.5) is 0 Å². The Bertz CT molecular complexity index is 1580. The number of methoxy groups -OCH3 is 1. The van der Waals surface area contributed by atoms with E-state index in [1.165, 1.54) is 7.11 Å². The van der Waals surface area contributed by atoms with E-state index < -0.39 is 11.8 Å². The second-order valence-corrected chi connectivity index (χ2v) is 10.5. The van der Waals surface area contributed by atoms with E-state index >= 15 is 0 Å². The number of hydrogen-bond donors (Lipinski definition) is 0. The summed E-state index contributed by atoms with van der Waals surface area (Å²) in [5, 5.41) is 12.7. The minimum atomic E-state index is -1.47. The number of allylic oxidation sites excluding steroid dienone is 1. The molecule has 0 fully saturated rings. The van der Waals surface area contributed by atoms with E-state index in [0.29, 0.717) is 45.0 Å². The molecule has 1 heterocycles. The minimum Gasteiger partial charge on any atom is -0.545 e. The van der Waals surface area contributed by atoms with Gasteiger partial charge < -0.3 is 24.1 Å². The average molecular weight is 583 g/mol. The molecule has 0 saturated carbocycles. The van der Waals surface area contributed by atoms with Crippen molar-refractivity contribution < 1.29 is 58.5 Å². The zero-order valence-electron chi connectivity index (χ0n) is 24.3. The van der Waals surface area contributed by atoms with Gasteiger partial charge in [-0.2, -0.15) is 8.75 Å². The SMILES string of the molecule is COc1cc(CC(C(=O)c2ccc(C)cc2)=C(C(=O)[O-])c2ccc3nsnc3c2)cc(OC(C)C)c1OC(C)C.[Na+]. The van der Waals surface area contributed by atoms with Gasteiger partial charge in [0.05, 0.1) is 37.0 Å². The summed E-state index contributed by atoms with van der Waals surface area (Å²) in [4.78, 5) is 26.6. The number of benzene rings is 3. The van der Waals surface area contributed by atoms with E-state index in [2.05, 4.69) is 8.75 Å². The molecule has 4 rings (SSSR count). The Morgan fingerprint density at radius 3 is 2.07 bits per heavy atom. The number of aryl methyl sites for hydroxylation is 1. The first-order chi connectivity index (χ1) is 19.1. The molecule has 41 heavy (non-hydrogen) atoms. The molecule has 10 heteroatoms. The second kappa shape index (κ2) is 14.1. The number of carbonyl (C=O) groups excluding carboxylic acids is 2. The zero-order valence-corrected chi connectivity index (χ0v) is 27.1. The van der Waals surface area contributed by atoms with Crippen molar-refractivity contribution in [2.45, 2.75) is 53.2 Å². The largest absolute Gasteiger partial charge is 1.00 e. The molecule has 8 nitrogen and oxygen atoms in total. The molecule has 3 aromatic carbocycles. The third kappa shape index (κ3) is 7.74. The monoisotopic (exact) mass is 582 g/mol. The Kier molecular flexibility index (Phi) is 11.1. The van der Waals surface area contributed by atoms with Gasteiger partial charge in [-0.15, -0.1) is 0 Å². The van der Waals surface area contributed by atoms with Crippen LogP contribution in [0.3, 0.4) is 0 Å². The van der Waals surface area contributed by atoms with E-state index in [-0.39, 0.29) is 59.3 Å². The molecule has 0 aliphatic rings. The number of aromatic nitrogens is 2. The smallest absolute Gasteiger partial charge is 0.545 e. The normalized spacial score (nSPS) is 11.7. The number of carboxylic acids is 1. The van der Waals surface area contributed by atoms with Crippen molar-refractivity contribution in [3.63, 3.8) is 0 Å². The number of ketones is 1. The fourth-order valence-electron chi connectivity index (χ4n) is 4.30. The van der Waals surface area contributed by atoms with Crippen molar-refractivity contribution in [2.75, 3.05) is 7.11 Å². The van der Waals surface area contributed by atoms with Crippen LogP contribution in [0.2, 0.25) is 0 Å². The first-order valence-corrected chi connectivity index (χ1v) is 13.6. The molecule has 0 N–H and O–H groups in total. The fourth-order valence-corrected chi connectivity index (χ4v) is 4.81. The maximum Gasteiger partial charge on any atom is 1.00 e. The topological polar surface area (TPSA) is 111 Å². The number of carbonyl (C=O) groups is 2. The first kappa shape index (κ1) is 32.3. The van der Waals surface area contributed by atoms with E-state index in [0.717, 1.165) is 17.3 Å². The van der Waals surface area contributed by atoms with Crippen molar-refractivity contribution in [3.05, 3.63) is 82.4 Å². The molecule has 208 valence electrons. The van der Waals surface area contributed by atoms with Crippen LogP contribution >= 0.6 is 11.7 Å². The summed E-state index contributed by atoms with van der Waals surface area (Å²) >= 11 is 1.03. The van der Waals surface area contributed by atoms with Gasteiger partial charge in [0.25, 0.3) is 0 Å². The molecule has 4 aromatic rings. The number of Topliss-reactive ketones (excluding diaryl/α,β-unsaturated/α-hetero) is 1. The summed E-state index contributed by atoms with van der Waals surface area (Å²) < 4.78 is 26.1. The van der Waals surface area contributed by atoms with Gasteiger partial charge in [0.15, 0.2) is 17.3 Å². The maximum absolute atomic E-state index is 14.0. The number of hydrogen-bond acceptors (Lipinski definition) is 9. The van der Waals surface area contributed by atoms with Gasteiger partial charge in [-0.25, -0.2) is 0 Å². The zero-order chi connectivity index (χ0) is 29.0. The molecule has 0 aliphatic heterocycles. The first-order valence-electron chi connectivity index (χ1n) is 12.9. The van der Waals surface area contributed by atoms with Crippen LogP contribution in [-0.2, 0) is 11.2 Å². The molecule has 0 atom stereocenters. The van der Waals surface area contributed by atoms with E-state index in [1.807, 2.05) is 46.8 Å².